The van der Waals surface area contributed by atoms with Crippen LogP contribution in [-0.2, 0) is 0 Å². The minimum Gasteiger partial charge on any atom is -0.346 e. The van der Waals surface area contributed by atoms with Gasteiger partial charge in [-0.1, -0.05) is 44.6 Å². The molecule has 1 aromatic heterocycles. The van der Waals surface area contributed by atoms with Crippen molar-refractivity contribution in [2.45, 2.75) is 60.2 Å². The molecule has 4 rings (SSSR count). The van der Waals surface area contributed by atoms with Gasteiger partial charge in [0.1, 0.15) is 5.82 Å². The van der Waals surface area contributed by atoms with E-state index in [1.165, 1.54) is 5.57 Å². The van der Waals surface area contributed by atoms with E-state index in [0.717, 1.165) is 73.5 Å². The summed E-state index contributed by atoms with van der Waals surface area (Å²) in [7, 11) is 4.18. The molecule has 0 radical (unpaired) electrons. The average molecular weight is 491 g/mol. The Kier molecular flexibility index (Phi) is 7.71. The molecule has 0 spiro atoms. The van der Waals surface area contributed by atoms with Crippen LogP contribution in [0.15, 0.2) is 52.2 Å². The third kappa shape index (κ3) is 6.28. The first-order valence-corrected chi connectivity index (χ1v) is 13.0. The number of benzene rings is 1. The standard InChI is InChI=1S/C28H42N8/c1-20-10-8-16-36(17-9-11-20)27-33-25(34(6)19-28(3,4)5)32-26(35(27)7)31-23-18-22(13-12-21(23)2)24-29-14-15-30-24/h10,12-15,18,26,31H,8-9,11,16-17,19H2,1-7H3,(H,29,30)/b20-10-. The van der Waals surface area contributed by atoms with Crippen LogP contribution in [0.1, 0.15) is 52.5 Å². The summed E-state index contributed by atoms with van der Waals surface area (Å²) in [5.41, 5.74) is 4.87. The molecule has 2 aliphatic heterocycles. The molecule has 8 heteroatoms. The SMILES string of the molecule is C/C1=C/CCN(C2=NC(N(C)CC(C)(C)C)=NC(Nc3cc(-c4ncc[nH]4)ccc3C)N2C)CCC1. The lowest BCUT2D eigenvalue weighted by atomic mass is 9.96. The lowest BCUT2D eigenvalue weighted by Gasteiger charge is -2.40. The average Bonchev–Trinajstić information content (AvgIpc) is 3.33. The van der Waals surface area contributed by atoms with E-state index in [9.17, 15) is 0 Å². The number of imidazole rings is 1. The van der Waals surface area contributed by atoms with Gasteiger partial charge in [0.2, 0.25) is 18.2 Å². The van der Waals surface area contributed by atoms with Crippen molar-refractivity contribution in [3.05, 3.63) is 47.8 Å². The first kappa shape index (κ1) is 25.8. The summed E-state index contributed by atoms with van der Waals surface area (Å²) in [4.78, 5) is 24.6. The zero-order valence-corrected chi connectivity index (χ0v) is 23.0. The number of anilines is 1. The van der Waals surface area contributed by atoms with Crippen LogP contribution in [0.4, 0.5) is 5.69 Å². The molecular formula is C28H42N8. The fourth-order valence-electron chi connectivity index (χ4n) is 4.81. The number of aromatic nitrogens is 2. The largest absolute Gasteiger partial charge is 0.346 e. The molecule has 0 fully saturated rings. The number of nitrogens with one attached hydrogen (secondary N) is 2. The van der Waals surface area contributed by atoms with Crippen molar-refractivity contribution in [1.29, 1.82) is 0 Å². The third-order valence-electron chi connectivity index (χ3n) is 6.64. The second-order valence-corrected chi connectivity index (χ2v) is 11.3. The summed E-state index contributed by atoms with van der Waals surface area (Å²) >= 11 is 0. The van der Waals surface area contributed by atoms with E-state index in [0.29, 0.717) is 0 Å². The molecule has 1 aromatic carbocycles. The van der Waals surface area contributed by atoms with Crippen molar-refractivity contribution in [2.24, 2.45) is 15.4 Å². The second-order valence-electron chi connectivity index (χ2n) is 11.3. The lowest BCUT2D eigenvalue weighted by Crippen LogP contribution is -2.54. The number of allylic oxidation sites excluding steroid dienone is 1. The summed E-state index contributed by atoms with van der Waals surface area (Å²) in [5, 5.41) is 3.70. The highest BCUT2D eigenvalue weighted by Crippen LogP contribution is 2.26. The fourth-order valence-corrected chi connectivity index (χ4v) is 4.81. The highest BCUT2D eigenvalue weighted by atomic mass is 15.5. The minimum atomic E-state index is -0.275. The van der Waals surface area contributed by atoms with Crippen LogP contribution in [0.2, 0.25) is 0 Å². The predicted octanol–water partition coefficient (Wildman–Crippen LogP) is 5.15. The lowest BCUT2D eigenvalue weighted by molar-refractivity contribution is 0.281. The number of aliphatic imine (C=N–C) groups is 2. The molecule has 36 heavy (non-hydrogen) atoms. The van der Waals surface area contributed by atoms with Gasteiger partial charge in [-0.15, -0.1) is 0 Å². The van der Waals surface area contributed by atoms with Gasteiger partial charge >= 0.3 is 0 Å². The Morgan fingerprint density at radius 2 is 2.00 bits per heavy atom. The summed E-state index contributed by atoms with van der Waals surface area (Å²) in [6, 6.07) is 6.37. The molecule has 2 aromatic rings. The van der Waals surface area contributed by atoms with Crippen molar-refractivity contribution in [2.75, 3.05) is 39.0 Å². The highest BCUT2D eigenvalue weighted by molar-refractivity contribution is 5.97. The molecule has 0 saturated heterocycles. The number of H-pyrrole nitrogens is 1. The van der Waals surface area contributed by atoms with E-state index in [4.69, 9.17) is 9.98 Å². The molecule has 0 saturated carbocycles. The summed E-state index contributed by atoms with van der Waals surface area (Å²) in [5.74, 6) is 2.60. The molecular weight excluding hydrogens is 448 g/mol. The first-order valence-electron chi connectivity index (χ1n) is 13.0. The van der Waals surface area contributed by atoms with E-state index >= 15 is 0 Å². The number of rotatable bonds is 4. The van der Waals surface area contributed by atoms with Gasteiger partial charge < -0.3 is 25.0 Å². The van der Waals surface area contributed by atoms with Crippen LogP contribution in [0, 0.1) is 12.3 Å². The number of aromatic amines is 1. The number of nitrogens with zero attached hydrogens (tertiary/aromatic N) is 6. The van der Waals surface area contributed by atoms with E-state index in [2.05, 4.69) is 103 Å². The topological polar surface area (TPSA) is 75.1 Å². The van der Waals surface area contributed by atoms with Gasteiger partial charge in [-0.3, -0.25) is 0 Å². The van der Waals surface area contributed by atoms with Crippen LogP contribution in [0.3, 0.4) is 0 Å². The van der Waals surface area contributed by atoms with Crippen LogP contribution in [-0.4, -0.2) is 76.6 Å². The normalized spacial score (nSPS) is 20.6. The quantitative estimate of drug-likeness (QED) is 0.580. The zero-order chi connectivity index (χ0) is 25.9. The van der Waals surface area contributed by atoms with Crippen LogP contribution < -0.4 is 5.32 Å². The van der Waals surface area contributed by atoms with E-state index in [-0.39, 0.29) is 11.7 Å². The fraction of sp³-hybridized carbons (Fsp3) is 0.536. The van der Waals surface area contributed by atoms with Gasteiger partial charge in [0, 0.05) is 57.4 Å². The maximum atomic E-state index is 5.10. The van der Waals surface area contributed by atoms with Gasteiger partial charge in [-0.05, 0) is 50.2 Å². The molecule has 0 aliphatic carbocycles. The molecule has 0 bridgehead atoms. The number of hydrogen-bond acceptors (Lipinski definition) is 7. The van der Waals surface area contributed by atoms with Crippen molar-refractivity contribution >= 4 is 17.6 Å². The van der Waals surface area contributed by atoms with E-state index in [1.807, 2.05) is 6.20 Å². The van der Waals surface area contributed by atoms with Crippen LogP contribution >= 0.6 is 0 Å². The molecule has 2 aliphatic rings. The predicted molar refractivity (Wildman–Crippen MR) is 150 cm³/mol. The van der Waals surface area contributed by atoms with Crippen molar-refractivity contribution in [3.63, 3.8) is 0 Å². The van der Waals surface area contributed by atoms with Gasteiger partial charge in [0.05, 0.1) is 0 Å². The molecule has 8 nitrogen and oxygen atoms in total. The Bertz CT molecular complexity index is 1120. The molecule has 194 valence electrons. The summed E-state index contributed by atoms with van der Waals surface area (Å²) < 4.78 is 0. The molecule has 1 atom stereocenters. The maximum absolute atomic E-state index is 5.10. The Labute approximate surface area is 216 Å². The Morgan fingerprint density at radius 3 is 2.72 bits per heavy atom. The molecule has 1 unspecified atom stereocenters. The van der Waals surface area contributed by atoms with Gasteiger partial charge in [-0.25, -0.2) is 9.98 Å². The van der Waals surface area contributed by atoms with Crippen LogP contribution in [0.25, 0.3) is 11.4 Å². The van der Waals surface area contributed by atoms with Gasteiger partial charge in [0.25, 0.3) is 0 Å². The van der Waals surface area contributed by atoms with E-state index < -0.39 is 0 Å². The van der Waals surface area contributed by atoms with Crippen molar-refractivity contribution in [1.82, 2.24) is 24.7 Å². The molecule has 3 heterocycles. The van der Waals surface area contributed by atoms with Gasteiger partial charge in [-0.2, -0.15) is 4.99 Å². The summed E-state index contributed by atoms with van der Waals surface area (Å²) in [6.07, 6.45) is 9.02. The molecule has 0 amide bonds. The smallest absolute Gasteiger partial charge is 0.227 e. The Balaban J connectivity index is 1.65. The maximum Gasteiger partial charge on any atom is 0.227 e. The Morgan fingerprint density at radius 1 is 1.19 bits per heavy atom. The van der Waals surface area contributed by atoms with Crippen LogP contribution in [0.5, 0.6) is 0 Å². The molecule has 2 N–H and O–H groups in total. The number of guanidine groups is 2. The van der Waals surface area contributed by atoms with Crippen molar-refractivity contribution < 1.29 is 0 Å². The number of hydrogen-bond donors (Lipinski definition) is 2. The minimum absolute atomic E-state index is 0.135. The number of aryl methyl sites for hydroxylation is 1. The zero-order valence-electron chi connectivity index (χ0n) is 23.0. The third-order valence-corrected chi connectivity index (χ3v) is 6.64. The highest BCUT2D eigenvalue weighted by Gasteiger charge is 2.30. The summed E-state index contributed by atoms with van der Waals surface area (Å²) in [6.45, 7) is 13.9. The monoisotopic (exact) mass is 490 g/mol. The van der Waals surface area contributed by atoms with Gasteiger partial charge in [0.15, 0.2) is 0 Å². The second kappa shape index (κ2) is 10.8. The van der Waals surface area contributed by atoms with E-state index in [1.54, 1.807) is 6.20 Å². The first-order chi connectivity index (χ1) is 17.1. The van der Waals surface area contributed by atoms with Crippen molar-refractivity contribution in [3.8, 4) is 11.4 Å². The Hall–Kier alpha value is -3.29.